The van der Waals surface area contributed by atoms with Crippen molar-refractivity contribution in [3.63, 3.8) is 0 Å². The predicted molar refractivity (Wildman–Crippen MR) is 92.7 cm³/mol. The Kier molecular flexibility index (Phi) is 4.58. The summed E-state index contributed by atoms with van der Waals surface area (Å²) in [5, 5.41) is 9.22. The van der Waals surface area contributed by atoms with Crippen LogP contribution >= 0.6 is 0 Å². The van der Waals surface area contributed by atoms with Crippen molar-refractivity contribution < 1.29 is 18.7 Å². The standard InChI is InChI=1S/C19H14FN3O3/c1-25-19(24)18-17(22)12(10-21)11-23(18)14-7-3-5-9-16(14)26-15-8-4-2-6-13(15)20/h2-9,11H,22H2,1H3. The Hall–Kier alpha value is -3.79. The number of hydrogen-bond acceptors (Lipinski definition) is 5. The molecule has 3 rings (SSSR count). The van der Waals surface area contributed by atoms with E-state index < -0.39 is 11.8 Å². The number of nitriles is 1. The molecule has 0 bridgehead atoms. The molecular formula is C19H14FN3O3. The van der Waals surface area contributed by atoms with E-state index in [0.717, 1.165) is 0 Å². The molecule has 6 nitrogen and oxygen atoms in total. The lowest BCUT2D eigenvalue weighted by Crippen LogP contribution is -2.11. The predicted octanol–water partition coefficient (Wildman–Crippen LogP) is 3.65. The van der Waals surface area contributed by atoms with Crippen LogP contribution in [0.1, 0.15) is 16.1 Å². The van der Waals surface area contributed by atoms with Gasteiger partial charge in [0, 0.05) is 6.20 Å². The fourth-order valence-corrected chi connectivity index (χ4v) is 2.49. The number of para-hydroxylation sites is 3. The SMILES string of the molecule is COC(=O)c1c(N)c(C#N)cn1-c1ccccc1Oc1ccccc1F. The van der Waals surface area contributed by atoms with Crippen molar-refractivity contribution in [3.05, 3.63) is 71.8 Å². The summed E-state index contributed by atoms with van der Waals surface area (Å²) in [6.45, 7) is 0. The molecule has 1 heterocycles. The molecule has 2 aromatic carbocycles. The number of nitrogen functional groups attached to an aromatic ring is 1. The van der Waals surface area contributed by atoms with E-state index in [1.807, 2.05) is 6.07 Å². The molecule has 0 radical (unpaired) electrons. The van der Waals surface area contributed by atoms with Gasteiger partial charge >= 0.3 is 5.97 Å². The van der Waals surface area contributed by atoms with Crippen molar-refractivity contribution in [2.75, 3.05) is 12.8 Å². The van der Waals surface area contributed by atoms with Gasteiger partial charge in [-0.2, -0.15) is 5.26 Å². The molecule has 0 aliphatic rings. The van der Waals surface area contributed by atoms with Gasteiger partial charge in [-0.05, 0) is 24.3 Å². The Morgan fingerprint density at radius 3 is 2.46 bits per heavy atom. The average molecular weight is 351 g/mol. The molecule has 130 valence electrons. The van der Waals surface area contributed by atoms with Gasteiger partial charge in [-0.15, -0.1) is 0 Å². The molecule has 0 fully saturated rings. The van der Waals surface area contributed by atoms with Crippen molar-refractivity contribution in [1.82, 2.24) is 4.57 Å². The van der Waals surface area contributed by atoms with Crippen molar-refractivity contribution in [2.24, 2.45) is 0 Å². The zero-order valence-electron chi connectivity index (χ0n) is 13.8. The molecule has 2 N–H and O–H groups in total. The molecule has 0 saturated heterocycles. The second-order valence-electron chi connectivity index (χ2n) is 5.28. The highest BCUT2D eigenvalue weighted by Gasteiger charge is 2.23. The highest BCUT2D eigenvalue weighted by molar-refractivity contribution is 5.96. The highest BCUT2D eigenvalue weighted by atomic mass is 19.1. The number of carbonyl (C=O) groups excluding carboxylic acids is 1. The largest absolute Gasteiger partial charge is 0.464 e. The molecule has 26 heavy (non-hydrogen) atoms. The van der Waals surface area contributed by atoms with Crippen LogP contribution in [0.2, 0.25) is 0 Å². The summed E-state index contributed by atoms with van der Waals surface area (Å²) >= 11 is 0. The first-order chi connectivity index (χ1) is 12.6. The summed E-state index contributed by atoms with van der Waals surface area (Å²) in [6.07, 6.45) is 1.41. The van der Waals surface area contributed by atoms with Crippen LogP contribution in [0.4, 0.5) is 10.1 Å². The molecule has 1 aromatic heterocycles. The molecule has 7 heteroatoms. The van der Waals surface area contributed by atoms with Gasteiger partial charge in [0.15, 0.2) is 23.0 Å². The second kappa shape index (κ2) is 6.99. The quantitative estimate of drug-likeness (QED) is 0.725. The number of halogens is 1. The molecule has 0 aliphatic carbocycles. The van der Waals surface area contributed by atoms with Gasteiger partial charge in [-0.3, -0.25) is 0 Å². The first-order valence-electron chi connectivity index (χ1n) is 7.57. The van der Waals surface area contributed by atoms with Gasteiger partial charge in [-0.1, -0.05) is 24.3 Å². The van der Waals surface area contributed by atoms with E-state index in [1.54, 1.807) is 36.4 Å². The molecule has 0 unspecified atom stereocenters. The van der Waals surface area contributed by atoms with Crippen molar-refractivity contribution in [1.29, 1.82) is 5.26 Å². The number of methoxy groups -OCH3 is 1. The Labute approximate surface area is 148 Å². The van der Waals surface area contributed by atoms with Crippen molar-refractivity contribution >= 4 is 11.7 Å². The van der Waals surface area contributed by atoms with Crippen LogP contribution in [-0.4, -0.2) is 17.6 Å². The normalized spacial score (nSPS) is 10.2. The number of rotatable bonds is 4. The monoisotopic (exact) mass is 351 g/mol. The Bertz CT molecular complexity index is 1020. The number of aromatic nitrogens is 1. The first kappa shape index (κ1) is 17.0. The van der Waals surface area contributed by atoms with E-state index in [1.165, 1.54) is 30.0 Å². The van der Waals surface area contributed by atoms with Gasteiger partial charge in [0.1, 0.15) is 6.07 Å². The Morgan fingerprint density at radius 1 is 1.15 bits per heavy atom. The van der Waals surface area contributed by atoms with E-state index in [2.05, 4.69) is 0 Å². The summed E-state index contributed by atoms with van der Waals surface area (Å²) in [6, 6.07) is 14.6. The van der Waals surface area contributed by atoms with E-state index in [0.29, 0.717) is 5.69 Å². The number of hydrogen-bond donors (Lipinski definition) is 1. The minimum absolute atomic E-state index is 0.0000414. The molecule has 0 aliphatic heterocycles. The molecule has 0 atom stereocenters. The summed E-state index contributed by atoms with van der Waals surface area (Å²) in [5.41, 5.74) is 6.43. The van der Waals surface area contributed by atoms with Gasteiger partial charge in [0.05, 0.1) is 24.0 Å². The van der Waals surface area contributed by atoms with E-state index in [9.17, 15) is 14.4 Å². The third kappa shape index (κ3) is 2.96. The molecular weight excluding hydrogens is 337 g/mol. The number of nitrogens with two attached hydrogens (primary N) is 1. The third-order valence-electron chi connectivity index (χ3n) is 3.72. The van der Waals surface area contributed by atoms with Crippen molar-refractivity contribution in [2.45, 2.75) is 0 Å². The summed E-state index contributed by atoms with van der Waals surface area (Å²) in [7, 11) is 1.22. The Morgan fingerprint density at radius 2 is 1.81 bits per heavy atom. The number of carbonyl (C=O) groups is 1. The molecule has 3 aromatic rings. The number of nitrogens with zero attached hydrogens (tertiary/aromatic N) is 2. The van der Waals surface area contributed by atoms with Gasteiger partial charge in [0.2, 0.25) is 0 Å². The summed E-state index contributed by atoms with van der Waals surface area (Å²) in [4.78, 5) is 12.1. The minimum Gasteiger partial charge on any atom is -0.464 e. The van der Waals surface area contributed by atoms with E-state index in [-0.39, 0.29) is 28.4 Å². The van der Waals surface area contributed by atoms with E-state index >= 15 is 0 Å². The molecule has 0 amide bonds. The molecule has 0 saturated carbocycles. The average Bonchev–Trinajstić information content (AvgIpc) is 2.99. The number of benzene rings is 2. The van der Waals surface area contributed by atoms with E-state index in [4.69, 9.17) is 15.2 Å². The minimum atomic E-state index is -0.704. The van der Waals surface area contributed by atoms with Crippen LogP contribution in [-0.2, 0) is 4.74 Å². The van der Waals surface area contributed by atoms with Gasteiger partial charge in [-0.25, -0.2) is 9.18 Å². The van der Waals surface area contributed by atoms with Crippen LogP contribution in [0.25, 0.3) is 5.69 Å². The smallest absolute Gasteiger partial charge is 0.357 e. The maximum atomic E-state index is 13.9. The fourth-order valence-electron chi connectivity index (χ4n) is 2.49. The number of ether oxygens (including phenoxy) is 2. The Balaban J connectivity index is 2.16. The van der Waals surface area contributed by atoms with Gasteiger partial charge < -0.3 is 19.8 Å². The maximum Gasteiger partial charge on any atom is 0.357 e. The molecule has 0 spiro atoms. The van der Waals surface area contributed by atoms with Crippen LogP contribution in [0.15, 0.2) is 54.7 Å². The topological polar surface area (TPSA) is 90.3 Å². The highest BCUT2D eigenvalue weighted by Crippen LogP contribution is 2.33. The third-order valence-corrected chi connectivity index (χ3v) is 3.72. The lowest BCUT2D eigenvalue weighted by Gasteiger charge is -2.14. The zero-order valence-corrected chi connectivity index (χ0v) is 13.8. The van der Waals surface area contributed by atoms with Gasteiger partial charge in [0.25, 0.3) is 0 Å². The summed E-state index contributed by atoms with van der Waals surface area (Å²) < 4.78 is 25.8. The fraction of sp³-hybridized carbons (Fsp3) is 0.0526. The lowest BCUT2D eigenvalue weighted by atomic mass is 10.2. The maximum absolute atomic E-state index is 13.9. The van der Waals surface area contributed by atoms with Crippen molar-refractivity contribution in [3.8, 4) is 23.3 Å². The number of anilines is 1. The summed E-state index contributed by atoms with van der Waals surface area (Å²) in [5.74, 6) is -0.924. The van der Waals surface area contributed by atoms with Crippen LogP contribution in [0, 0.1) is 17.1 Å². The lowest BCUT2D eigenvalue weighted by molar-refractivity contribution is 0.0593. The van der Waals surface area contributed by atoms with Crippen LogP contribution in [0.3, 0.4) is 0 Å². The van der Waals surface area contributed by atoms with Crippen LogP contribution < -0.4 is 10.5 Å². The zero-order chi connectivity index (χ0) is 18.7. The second-order valence-corrected chi connectivity index (χ2v) is 5.28. The van der Waals surface area contributed by atoms with Crippen LogP contribution in [0.5, 0.6) is 11.5 Å². The number of esters is 1. The first-order valence-corrected chi connectivity index (χ1v) is 7.57.